The van der Waals surface area contributed by atoms with Crippen LogP contribution in [0.4, 0.5) is 0 Å². The molecule has 5 heteroatoms. The number of hydrogen-bond donors (Lipinski definition) is 2. The van der Waals surface area contributed by atoms with Gasteiger partial charge in [0, 0.05) is 0 Å². The number of aryl methyl sites for hydroxylation is 1. The summed E-state index contributed by atoms with van der Waals surface area (Å²) in [6.07, 6.45) is 13.9. The summed E-state index contributed by atoms with van der Waals surface area (Å²) >= 11 is 0. The Morgan fingerprint density at radius 3 is 1.76 bits per heavy atom. The second-order valence-corrected chi connectivity index (χ2v) is 5.87. The number of benzene rings is 1. The van der Waals surface area contributed by atoms with E-state index in [1.54, 1.807) is 0 Å². The van der Waals surface area contributed by atoms with Crippen molar-refractivity contribution >= 4 is 11.9 Å². The molecular formula is C20H31NaO4. The van der Waals surface area contributed by atoms with Crippen LogP contribution in [0.2, 0.25) is 0 Å². The molecule has 0 radical (unpaired) electrons. The van der Waals surface area contributed by atoms with Gasteiger partial charge >= 0.3 is 41.5 Å². The van der Waals surface area contributed by atoms with Crippen molar-refractivity contribution < 1.29 is 49.4 Å². The summed E-state index contributed by atoms with van der Waals surface area (Å²) < 4.78 is 0. The third-order valence-corrected chi connectivity index (χ3v) is 3.60. The molecule has 0 amide bonds. The molecule has 0 aliphatic rings. The molecule has 0 saturated heterocycles. The molecule has 0 saturated carbocycles. The van der Waals surface area contributed by atoms with Gasteiger partial charge in [0.15, 0.2) is 0 Å². The quantitative estimate of drug-likeness (QED) is 0.260. The van der Waals surface area contributed by atoms with Crippen LogP contribution < -0.4 is 29.6 Å². The summed E-state index contributed by atoms with van der Waals surface area (Å²) in [7, 11) is 0. The van der Waals surface area contributed by atoms with Crippen LogP contribution in [0.1, 0.15) is 70.3 Å². The maximum absolute atomic E-state index is 9.43. The van der Waals surface area contributed by atoms with Gasteiger partial charge in [0.25, 0.3) is 0 Å². The number of carboxylic acid groups (broad SMARTS) is 2. The van der Waals surface area contributed by atoms with Gasteiger partial charge < -0.3 is 16.6 Å². The van der Waals surface area contributed by atoms with E-state index in [1.807, 2.05) is 0 Å². The minimum atomic E-state index is -1.31. The predicted molar refractivity (Wildman–Crippen MR) is 96.9 cm³/mol. The molecule has 0 spiro atoms. The fourth-order valence-corrected chi connectivity index (χ4v) is 2.34. The largest absolute Gasteiger partial charge is 1.00 e. The topological polar surface area (TPSA) is 74.6 Å². The fourth-order valence-electron chi connectivity index (χ4n) is 2.34. The fraction of sp³-hybridized carbons (Fsp3) is 0.550. The molecular weight excluding hydrogens is 327 g/mol. The van der Waals surface area contributed by atoms with Gasteiger partial charge in [0.2, 0.25) is 0 Å². The Bertz CT molecular complexity index is 423. The average molecular weight is 358 g/mol. The Morgan fingerprint density at radius 2 is 1.32 bits per heavy atom. The third-order valence-electron chi connectivity index (χ3n) is 3.60. The van der Waals surface area contributed by atoms with E-state index in [4.69, 9.17) is 10.2 Å². The summed E-state index contributed by atoms with van der Waals surface area (Å²) in [5, 5.41) is 15.4. The molecule has 0 fully saturated rings. The smallest absolute Gasteiger partial charge is 0.481 e. The SMILES string of the molecule is C[CH-]CCCCCCCCCc1ccccc1.O=C(O)CC(=O)O.[Na+]. The summed E-state index contributed by atoms with van der Waals surface area (Å²) in [5.74, 6) is -2.62. The van der Waals surface area contributed by atoms with Gasteiger partial charge in [0.1, 0.15) is 6.42 Å². The van der Waals surface area contributed by atoms with Crippen molar-refractivity contribution in [3.63, 3.8) is 0 Å². The number of aliphatic carboxylic acids is 2. The van der Waals surface area contributed by atoms with Crippen molar-refractivity contribution in [2.24, 2.45) is 0 Å². The molecule has 4 nitrogen and oxygen atoms in total. The van der Waals surface area contributed by atoms with Gasteiger partial charge in [-0.15, -0.1) is 0 Å². The average Bonchev–Trinajstić information content (AvgIpc) is 2.53. The Balaban J connectivity index is 0. The Labute approximate surface area is 174 Å². The summed E-state index contributed by atoms with van der Waals surface area (Å²) in [4.78, 5) is 18.9. The maximum Gasteiger partial charge on any atom is 1.00 e. The second-order valence-electron chi connectivity index (χ2n) is 5.87. The standard InChI is InChI=1S/C17H27.C3H4O4.Na/c1-2-3-4-5-6-7-8-9-11-14-17-15-12-10-13-16-17;4-2(5)1-3(6)7;/h2,10,12-13,15-16H,3-9,11,14H2,1H3;1H2,(H,4,5)(H,6,7);/q-1;;+1. The van der Waals surface area contributed by atoms with E-state index >= 15 is 0 Å². The van der Waals surface area contributed by atoms with Crippen molar-refractivity contribution in [2.45, 2.75) is 71.1 Å². The Hall–Kier alpha value is -0.840. The van der Waals surface area contributed by atoms with Gasteiger partial charge in [-0.25, -0.2) is 0 Å². The van der Waals surface area contributed by atoms with Crippen molar-refractivity contribution in [3.05, 3.63) is 42.3 Å². The Morgan fingerprint density at radius 1 is 0.840 bits per heavy atom. The number of rotatable bonds is 12. The first kappa shape index (κ1) is 26.4. The molecule has 0 unspecified atom stereocenters. The van der Waals surface area contributed by atoms with Crippen LogP contribution in [-0.2, 0) is 16.0 Å². The van der Waals surface area contributed by atoms with Gasteiger partial charge in [-0.05, 0) is 18.4 Å². The Kier molecular flexibility index (Phi) is 20.6. The molecule has 1 aromatic carbocycles. The molecule has 136 valence electrons. The predicted octanol–water partition coefficient (Wildman–Crippen LogP) is 2.12. The second kappa shape index (κ2) is 19.5. The third kappa shape index (κ3) is 21.1. The molecule has 0 aliphatic heterocycles. The van der Waals surface area contributed by atoms with E-state index in [2.05, 4.69) is 43.7 Å². The van der Waals surface area contributed by atoms with Crippen molar-refractivity contribution in [2.75, 3.05) is 0 Å². The van der Waals surface area contributed by atoms with Crippen LogP contribution in [-0.4, -0.2) is 22.2 Å². The zero-order valence-corrected chi connectivity index (χ0v) is 17.7. The number of carbonyl (C=O) groups is 2. The van der Waals surface area contributed by atoms with Crippen LogP contribution in [0.25, 0.3) is 0 Å². The van der Waals surface area contributed by atoms with Crippen LogP contribution in [0.15, 0.2) is 30.3 Å². The zero-order chi connectivity index (χ0) is 18.0. The molecule has 2 N–H and O–H groups in total. The van der Waals surface area contributed by atoms with Crippen LogP contribution >= 0.6 is 0 Å². The van der Waals surface area contributed by atoms with E-state index in [0.29, 0.717) is 0 Å². The van der Waals surface area contributed by atoms with E-state index in [1.165, 1.54) is 63.4 Å². The molecule has 0 atom stereocenters. The van der Waals surface area contributed by atoms with Gasteiger partial charge in [0.05, 0.1) is 0 Å². The molecule has 1 aromatic rings. The van der Waals surface area contributed by atoms with Crippen LogP contribution in [0.3, 0.4) is 0 Å². The molecule has 25 heavy (non-hydrogen) atoms. The minimum absolute atomic E-state index is 0. The monoisotopic (exact) mass is 358 g/mol. The number of unbranched alkanes of at least 4 members (excludes halogenated alkanes) is 8. The molecule has 0 aliphatic carbocycles. The first-order chi connectivity index (χ1) is 11.6. The first-order valence-electron chi connectivity index (χ1n) is 8.81. The van der Waals surface area contributed by atoms with Crippen molar-refractivity contribution in [1.82, 2.24) is 0 Å². The van der Waals surface area contributed by atoms with E-state index < -0.39 is 18.4 Å². The molecule has 0 aromatic heterocycles. The van der Waals surface area contributed by atoms with Crippen LogP contribution in [0.5, 0.6) is 0 Å². The van der Waals surface area contributed by atoms with Crippen molar-refractivity contribution in [1.29, 1.82) is 0 Å². The maximum atomic E-state index is 9.43. The summed E-state index contributed by atoms with van der Waals surface area (Å²) in [5.41, 5.74) is 1.49. The molecule has 0 bridgehead atoms. The zero-order valence-electron chi connectivity index (χ0n) is 15.7. The van der Waals surface area contributed by atoms with Gasteiger partial charge in [-0.2, -0.15) is 13.3 Å². The van der Waals surface area contributed by atoms with E-state index in [0.717, 1.165) is 0 Å². The molecule has 1 rings (SSSR count). The van der Waals surface area contributed by atoms with Gasteiger partial charge in [-0.1, -0.05) is 68.9 Å². The van der Waals surface area contributed by atoms with Crippen molar-refractivity contribution in [3.8, 4) is 0 Å². The number of carboxylic acids is 2. The number of hydrogen-bond acceptors (Lipinski definition) is 2. The van der Waals surface area contributed by atoms with Crippen LogP contribution in [0, 0.1) is 6.42 Å². The molecule has 0 heterocycles. The van der Waals surface area contributed by atoms with E-state index in [9.17, 15) is 9.59 Å². The normalized spacial score (nSPS) is 9.48. The minimum Gasteiger partial charge on any atom is -0.481 e. The van der Waals surface area contributed by atoms with E-state index in [-0.39, 0.29) is 29.6 Å². The van der Waals surface area contributed by atoms with Gasteiger partial charge in [-0.3, -0.25) is 9.59 Å². The summed E-state index contributed by atoms with van der Waals surface area (Å²) in [6.45, 7) is 2.16. The first-order valence-corrected chi connectivity index (χ1v) is 8.81. The summed E-state index contributed by atoms with van der Waals surface area (Å²) in [6, 6.07) is 10.8.